The molecule has 176 valence electrons. The number of carbonyl (C=O) groups is 1. The standard InChI is InChI=1S/C23H16F5N3O3/c1-30(22(33)11-2-3-13-4-12(23(26,27)28)8-31(13)7-11)19-10-34-9-18-20(19)14-5-16(24)17(25)6-15(14)21(32)29-18/h2-8,19H,9-10H2,1H3,(H,29,32)/t19-/m0/s1. The molecule has 0 fully saturated rings. The monoisotopic (exact) mass is 477 g/mol. The Bertz CT molecular complexity index is 1520. The lowest BCUT2D eigenvalue weighted by atomic mass is 9.95. The van der Waals surface area contributed by atoms with Gasteiger partial charge in [-0.25, -0.2) is 8.78 Å². The zero-order valence-electron chi connectivity index (χ0n) is 17.5. The average Bonchev–Trinajstić information content (AvgIpc) is 3.23. The van der Waals surface area contributed by atoms with Crippen molar-refractivity contribution in [3.8, 4) is 0 Å². The summed E-state index contributed by atoms with van der Waals surface area (Å²) in [5.74, 6) is -2.85. The van der Waals surface area contributed by atoms with E-state index in [0.29, 0.717) is 11.3 Å². The summed E-state index contributed by atoms with van der Waals surface area (Å²) in [6.45, 7) is 0.0208. The maximum atomic E-state index is 14.1. The van der Waals surface area contributed by atoms with Crippen molar-refractivity contribution in [1.29, 1.82) is 0 Å². The van der Waals surface area contributed by atoms with E-state index in [4.69, 9.17) is 4.74 Å². The number of halogens is 5. The second-order valence-electron chi connectivity index (χ2n) is 8.08. The summed E-state index contributed by atoms with van der Waals surface area (Å²) in [6, 6.07) is 4.72. The molecule has 0 radical (unpaired) electrons. The summed E-state index contributed by atoms with van der Waals surface area (Å²) >= 11 is 0. The van der Waals surface area contributed by atoms with Crippen LogP contribution in [0.3, 0.4) is 0 Å². The van der Waals surface area contributed by atoms with E-state index in [1.165, 1.54) is 34.7 Å². The van der Waals surface area contributed by atoms with Gasteiger partial charge in [-0.3, -0.25) is 9.59 Å². The summed E-state index contributed by atoms with van der Waals surface area (Å²) < 4.78 is 73.7. The Labute approximate surface area is 188 Å². The first-order chi connectivity index (χ1) is 16.0. The third kappa shape index (κ3) is 3.52. The second kappa shape index (κ2) is 7.66. The molecule has 1 N–H and O–H groups in total. The Morgan fingerprint density at radius 2 is 1.82 bits per heavy atom. The van der Waals surface area contributed by atoms with Gasteiger partial charge in [-0.05, 0) is 35.7 Å². The van der Waals surface area contributed by atoms with E-state index in [1.54, 1.807) is 0 Å². The number of hydrogen-bond acceptors (Lipinski definition) is 3. The number of likely N-dealkylation sites (N-methyl/N-ethyl adjacent to an activating group) is 1. The van der Waals surface area contributed by atoms with Crippen LogP contribution in [-0.2, 0) is 17.5 Å². The number of ether oxygens (including phenoxy) is 1. The van der Waals surface area contributed by atoms with Crippen molar-refractivity contribution in [1.82, 2.24) is 14.3 Å². The summed E-state index contributed by atoms with van der Waals surface area (Å²) in [5, 5.41) is 0.0834. The highest BCUT2D eigenvalue weighted by Gasteiger charge is 2.33. The van der Waals surface area contributed by atoms with Gasteiger partial charge in [0.15, 0.2) is 11.6 Å². The van der Waals surface area contributed by atoms with E-state index < -0.39 is 40.9 Å². The van der Waals surface area contributed by atoms with Crippen LogP contribution in [0.1, 0.15) is 33.2 Å². The lowest BCUT2D eigenvalue weighted by molar-refractivity contribution is -0.137. The molecule has 0 unspecified atom stereocenters. The number of amides is 1. The predicted octanol–water partition coefficient (Wildman–Crippen LogP) is 4.42. The van der Waals surface area contributed by atoms with E-state index in [0.717, 1.165) is 24.4 Å². The number of rotatable bonds is 2. The highest BCUT2D eigenvalue weighted by molar-refractivity contribution is 5.95. The maximum Gasteiger partial charge on any atom is 0.417 e. The lowest BCUT2D eigenvalue weighted by Gasteiger charge is -2.34. The van der Waals surface area contributed by atoms with Gasteiger partial charge in [-0.2, -0.15) is 13.2 Å². The first-order valence-electron chi connectivity index (χ1n) is 10.1. The van der Waals surface area contributed by atoms with Crippen LogP contribution in [-0.4, -0.2) is 33.8 Å². The van der Waals surface area contributed by atoms with Crippen LogP contribution < -0.4 is 5.56 Å². The van der Waals surface area contributed by atoms with Crippen molar-refractivity contribution in [3.05, 3.63) is 87.1 Å². The molecule has 0 bridgehead atoms. The Kier molecular flexibility index (Phi) is 4.97. The van der Waals surface area contributed by atoms with E-state index in [1.807, 2.05) is 0 Å². The normalized spacial score (nSPS) is 16.1. The summed E-state index contributed by atoms with van der Waals surface area (Å²) in [5.41, 5.74) is -0.349. The van der Waals surface area contributed by atoms with Crippen molar-refractivity contribution in [2.45, 2.75) is 18.8 Å². The fourth-order valence-electron chi connectivity index (χ4n) is 4.28. The van der Waals surface area contributed by atoms with Gasteiger partial charge in [0.25, 0.3) is 11.5 Å². The Hall–Kier alpha value is -3.73. The quantitative estimate of drug-likeness (QED) is 0.435. The molecule has 0 spiro atoms. The molecule has 1 aliphatic rings. The number of H-pyrrole nitrogens is 1. The number of nitrogens with one attached hydrogen (secondary N) is 1. The molecular weight excluding hydrogens is 461 g/mol. The summed E-state index contributed by atoms with van der Waals surface area (Å²) in [4.78, 5) is 29.5. The highest BCUT2D eigenvalue weighted by Crippen LogP contribution is 2.35. The average molecular weight is 477 g/mol. The molecule has 3 aromatic heterocycles. The maximum absolute atomic E-state index is 14.1. The Balaban J connectivity index is 1.57. The van der Waals surface area contributed by atoms with Crippen molar-refractivity contribution >= 4 is 22.2 Å². The van der Waals surface area contributed by atoms with Crippen LogP contribution in [0.25, 0.3) is 16.3 Å². The Morgan fingerprint density at radius 1 is 1.12 bits per heavy atom. The van der Waals surface area contributed by atoms with Crippen LogP contribution in [0.15, 0.2) is 47.5 Å². The molecule has 1 aromatic carbocycles. The predicted molar refractivity (Wildman–Crippen MR) is 111 cm³/mol. The molecule has 5 rings (SSSR count). The van der Waals surface area contributed by atoms with Gasteiger partial charge in [-0.1, -0.05) is 0 Å². The van der Waals surface area contributed by atoms with Crippen LogP contribution in [0.5, 0.6) is 0 Å². The molecule has 4 aromatic rings. The van der Waals surface area contributed by atoms with Gasteiger partial charge in [0.05, 0.1) is 35.8 Å². The fraction of sp³-hybridized carbons (Fsp3) is 0.217. The van der Waals surface area contributed by atoms with Gasteiger partial charge < -0.3 is 19.0 Å². The zero-order chi connectivity index (χ0) is 24.4. The molecule has 1 atom stereocenters. The topological polar surface area (TPSA) is 66.8 Å². The van der Waals surface area contributed by atoms with E-state index in [-0.39, 0.29) is 35.1 Å². The fourth-order valence-corrected chi connectivity index (χ4v) is 4.28. The van der Waals surface area contributed by atoms with Gasteiger partial charge in [0, 0.05) is 36.2 Å². The number of nitrogens with zero attached hydrogens (tertiary/aromatic N) is 2. The van der Waals surface area contributed by atoms with E-state index >= 15 is 0 Å². The number of aromatic nitrogens is 2. The first kappa shape index (κ1) is 22.1. The van der Waals surface area contributed by atoms with Gasteiger partial charge in [0.1, 0.15) is 0 Å². The SMILES string of the molecule is CN(C(=O)c1ccc2cc(C(F)(F)F)cn2c1)[C@H]1COCc2[nH]c(=O)c3cc(F)c(F)cc3c21. The van der Waals surface area contributed by atoms with Crippen LogP contribution >= 0.6 is 0 Å². The number of pyridine rings is 2. The number of aromatic amines is 1. The molecule has 1 aliphatic heterocycles. The third-order valence-electron chi connectivity index (χ3n) is 5.99. The van der Waals surface area contributed by atoms with Gasteiger partial charge >= 0.3 is 6.18 Å². The van der Waals surface area contributed by atoms with Crippen LogP contribution in [0.4, 0.5) is 22.0 Å². The minimum absolute atomic E-state index is 0.00752. The number of benzene rings is 1. The van der Waals surface area contributed by atoms with Gasteiger partial charge in [-0.15, -0.1) is 0 Å². The minimum atomic E-state index is -4.52. The summed E-state index contributed by atoms with van der Waals surface area (Å²) in [7, 11) is 1.46. The molecule has 4 heterocycles. The largest absolute Gasteiger partial charge is 0.417 e. The molecule has 0 saturated carbocycles. The van der Waals surface area contributed by atoms with Crippen molar-refractivity contribution < 1.29 is 31.5 Å². The smallest absolute Gasteiger partial charge is 0.373 e. The zero-order valence-corrected chi connectivity index (χ0v) is 17.5. The second-order valence-corrected chi connectivity index (χ2v) is 8.08. The molecule has 6 nitrogen and oxygen atoms in total. The third-order valence-corrected chi connectivity index (χ3v) is 5.99. The number of alkyl halides is 3. The molecule has 34 heavy (non-hydrogen) atoms. The number of carbonyl (C=O) groups excluding carboxylic acids is 1. The Morgan fingerprint density at radius 3 is 2.53 bits per heavy atom. The number of hydrogen-bond donors (Lipinski definition) is 1. The van der Waals surface area contributed by atoms with E-state index in [9.17, 15) is 31.5 Å². The molecular formula is C23H16F5N3O3. The lowest BCUT2D eigenvalue weighted by Crippen LogP contribution is -2.37. The van der Waals surface area contributed by atoms with Gasteiger partial charge in [0.2, 0.25) is 0 Å². The minimum Gasteiger partial charge on any atom is -0.373 e. The molecule has 0 aliphatic carbocycles. The van der Waals surface area contributed by atoms with Crippen molar-refractivity contribution in [2.75, 3.05) is 13.7 Å². The highest BCUT2D eigenvalue weighted by atomic mass is 19.4. The molecule has 0 saturated heterocycles. The van der Waals surface area contributed by atoms with Crippen LogP contribution in [0.2, 0.25) is 0 Å². The van der Waals surface area contributed by atoms with E-state index in [2.05, 4.69) is 4.98 Å². The molecule has 1 amide bonds. The van der Waals surface area contributed by atoms with Crippen molar-refractivity contribution in [3.63, 3.8) is 0 Å². The van der Waals surface area contributed by atoms with Crippen LogP contribution in [0, 0.1) is 11.6 Å². The number of fused-ring (bicyclic) bond motifs is 4. The molecule has 11 heteroatoms. The summed E-state index contributed by atoms with van der Waals surface area (Å²) in [6.07, 6.45) is -2.35. The van der Waals surface area contributed by atoms with Crippen molar-refractivity contribution in [2.24, 2.45) is 0 Å². The first-order valence-corrected chi connectivity index (χ1v) is 10.1.